The summed E-state index contributed by atoms with van der Waals surface area (Å²) >= 11 is 0. The van der Waals surface area contributed by atoms with E-state index in [0.29, 0.717) is 17.0 Å². The summed E-state index contributed by atoms with van der Waals surface area (Å²) in [5, 5.41) is 3.15. The number of rotatable bonds is 4. The van der Waals surface area contributed by atoms with E-state index >= 15 is 0 Å². The molecule has 3 aromatic carbocycles. The molecule has 0 radical (unpaired) electrons. The fraction of sp³-hybridized carbons (Fsp3) is 0.0435. The van der Waals surface area contributed by atoms with Gasteiger partial charge in [0.15, 0.2) is 0 Å². The van der Waals surface area contributed by atoms with Crippen LogP contribution in [0.5, 0.6) is 0 Å². The van der Waals surface area contributed by atoms with Gasteiger partial charge in [0.05, 0.1) is 11.3 Å². The van der Waals surface area contributed by atoms with Crippen LogP contribution in [0.25, 0.3) is 5.57 Å². The van der Waals surface area contributed by atoms with Crippen molar-refractivity contribution in [2.24, 2.45) is 0 Å². The molecule has 1 N–H and O–H groups in total. The van der Waals surface area contributed by atoms with Gasteiger partial charge in [-0.2, -0.15) is 0 Å². The number of amides is 2. The Kier molecular flexibility index (Phi) is 4.30. The van der Waals surface area contributed by atoms with Crippen LogP contribution in [0.1, 0.15) is 11.1 Å². The van der Waals surface area contributed by atoms with Crippen LogP contribution < -0.4 is 10.2 Å². The molecule has 27 heavy (non-hydrogen) atoms. The number of hydrogen-bond donors (Lipinski definition) is 1. The first-order chi connectivity index (χ1) is 13.1. The smallest absolute Gasteiger partial charge is 0.282 e. The lowest BCUT2D eigenvalue weighted by molar-refractivity contribution is -0.120. The number of aryl methyl sites for hydroxylation is 1. The van der Waals surface area contributed by atoms with Crippen LogP contribution in [-0.4, -0.2) is 11.8 Å². The second-order valence-corrected chi connectivity index (χ2v) is 6.39. The number of anilines is 2. The van der Waals surface area contributed by atoms with Gasteiger partial charge in [0, 0.05) is 5.69 Å². The molecule has 4 heteroatoms. The van der Waals surface area contributed by atoms with Crippen molar-refractivity contribution in [1.82, 2.24) is 0 Å². The average Bonchev–Trinajstić information content (AvgIpc) is 2.94. The third-order valence-corrected chi connectivity index (χ3v) is 4.48. The number of benzene rings is 3. The van der Waals surface area contributed by atoms with Gasteiger partial charge in [0.1, 0.15) is 5.70 Å². The molecule has 0 unspecified atom stereocenters. The number of imide groups is 1. The number of nitrogens with zero attached hydrogens (tertiary/aromatic N) is 1. The predicted octanol–water partition coefficient (Wildman–Crippen LogP) is 4.39. The molecule has 1 aliphatic heterocycles. The number of carbonyl (C=O) groups excluding carboxylic acids is 2. The Balaban J connectivity index is 1.83. The number of carbonyl (C=O) groups is 2. The van der Waals surface area contributed by atoms with Crippen molar-refractivity contribution in [1.29, 1.82) is 0 Å². The lowest BCUT2D eigenvalue weighted by Gasteiger charge is -2.15. The number of para-hydroxylation sites is 2. The van der Waals surface area contributed by atoms with Crippen LogP contribution >= 0.6 is 0 Å². The van der Waals surface area contributed by atoms with Crippen molar-refractivity contribution < 1.29 is 9.59 Å². The molecule has 0 saturated carbocycles. The summed E-state index contributed by atoms with van der Waals surface area (Å²) in [6.07, 6.45) is 0. The second-order valence-electron chi connectivity index (χ2n) is 6.39. The van der Waals surface area contributed by atoms with E-state index < -0.39 is 0 Å². The van der Waals surface area contributed by atoms with E-state index in [2.05, 4.69) is 5.32 Å². The first kappa shape index (κ1) is 16.8. The van der Waals surface area contributed by atoms with Gasteiger partial charge in [-0.15, -0.1) is 0 Å². The highest BCUT2D eigenvalue weighted by molar-refractivity contribution is 6.46. The standard InChI is InChI=1S/C23H18N2O2/c1-16-12-14-17(15-13-16)20-21(24-18-8-4-2-5-9-18)23(27)25(22(20)26)19-10-6-3-7-11-19/h2-15,24H,1H3. The van der Waals surface area contributed by atoms with Crippen LogP contribution in [0.15, 0.2) is 90.6 Å². The van der Waals surface area contributed by atoms with Crippen LogP contribution in [0.4, 0.5) is 11.4 Å². The second kappa shape index (κ2) is 6.92. The van der Waals surface area contributed by atoms with Gasteiger partial charge in [-0.3, -0.25) is 9.59 Å². The minimum atomic E-state index is -0.356. The van der Waals surface area contributed by atoms with E-state index in [1.165, 1.54) is 4.90 Å². The molecule has 2 amide bonds. The Morgan fingerprint density at radius 3 is 1.93 bits per heavy atom. The van der Waals surface area contributed by atoms with Gasteiger partial charge in [-0.25, -0.2) is 4.90 Å². The fourth-order valence-electron chi connectivity index (χ4n) is 3.11. The lowest BCUT2D eigenvalue weighted by atomic mass is 10.0. The maximum absolute atomic E-state index is 13.2. The summed E-state index contributed by atoms with van der Waals surface area (Å²) in [4.78, 5) is 27.6. The maximum atomic E-state index is 13.2. The minimum Gasteiger partial charge on any atom is -0.350 e. The first-order valence-electron chi connectivity index (χ1n) is 8.72. The molecule has 4 nitrogen and oxygen atoms in total. The van der Waals surface area contributed by atoms with E-state index in [1.54, 1.807) is 12.1 Å². The quantitative estimate of drug-likeness (QED) is 0.707. The van der Waals surface area contributed by atoms with Gasteiger partial charge in [0.25, 0.3) is 11.8 Å². The molecule has 0 aromatic heterocycles. The summed E-state index contributed by atoms with van der Waals surface area (Å²) in [6.45, 7) is 1.99. The van der Waals surface area contributed by atoms with Gasteiger partial charge >= 0.3 is 0 Å². The molecular formula is C23H18N2O2. The topological polar surface area (TPSA) is 49.4 Å². The van der Waals surface area contributed by atoms with Crippen molar-refractivity contribution >= 4 is 28.8 Å². The highest BCUT2D eigenvalue weighted by Gasteiger charge is 2.40. The Morgan fingerprint density at radius 1 is 0.704 bits per heavy atom. The zero-order valence-corrected chi connectivity index (χ0v) is 14.8. The number of hydrogen-bond acceptors (Lipinski definition) is 3. The summed E-state index contributed by atoms with van der Waals surface area (Å²) < 4.78 is 0. The van der Waals surface area contributed by atoms with E-state index in [4.69, 9.17) is 0 Å². The average molecular weight is 354 g/mol. The summed E-state index contributed by atoms with van der Waals surface area (Å²) in [5.74, 6) is -0.681. The van der Waals surface area contributed by atoms with Crippen molar-refractivity contribution in [3.63, 3.8) is 0 Å². The summed E-state index contributed by atoms with van der Waals surface area (Å²) in [5.41, 5.74) is 3.80. The van der Waals surface area contributed by atoms with Crippen LogP contribution in [0.2, 0.25) is 0 Å². The molecule has 4 rings (SSSR count). The van der Waals surface area contributed by atoms with E-state index in [-0.39, 0.29) is 11.8 Å². The summed E-state index contributed by atoms with van der Waals surface area (Å²) in [6, 6.07) is 26.0. The van der Waals surface area contributed by atoms with Gasteiger partial charge in [-0.05, 0) is 36.8 Å². The predicted molar refractivity (Wildman–Crippen MR) is 107 cm³/mol. The molecule has 0 aliphatic carbocycles. The Hall–Kier alpha value is -3.66. The van der Waals surface area contributed by atoms with E-state index in [1.807, 2.05) is 79.7 Å². The zero-order valence-electron chi connectivity index (χ0n) is 14.8. The first-order valence-corrected chi connectivity index (χ1v) is 8.72. The highest BCUT2D eigenvalue weighted by Crippen LogP contribution is 2.33. The molecule has 0 spiro atoms. The third-order valence-electron chi connectivity index (χ3n) is 4.48. The molecule has 1 heterocycles. The van der Waals surface area contributed by atoms with Crippen molar-refractivity contribution in [3.05, 3.63) is 102 Å². The molecule has 132 valence electrons. The molecule has 1 aliphatic rings. The van der Waals surface area contributed by atoms with Crippen molar-refractivity contribution in [2.75, 3.05) is 10.2 Å². The Bertz CT molecular complexity index is 1020. The van der Waals surface area contributed by atoms with Crippen LogP contribution in [0, 0.1) is 6.92 Å². The normalized spacial score (nSPS) is 14.0. The monoisotopic (exact) mass is 354 g/mol. The van der Waals surface area contributed by atoms with Crippen molar-refractivity contribution in [2.45, 2.75) is 6.92 Å². The molecule has 3 aromatic rings. The molecular weight excluding hydrogens is 336 g/mol. The largest absolute Gasteiger partial charge is 0.350 e. The van der Waals surface area contributed by atoms with E-state index in [0.717, 1.165) is 16.8 Å². The van der Waals surface area contributed by atoms with Gasteiger partial charge in [-0.1, -0.05) is 66.2 Å². The Morgan fingerprint density at radius 2 is 1.30 bits per heavy atom. The van der Waals surface area contributed by atoms with Crippen molar-refractivity contribution in [3.8, 4) is 0 Å². The fourth-order valence-corrected chi connectivity index (χ4v) is 3.11. The number of nitrogens with one attached hydrogen (secondary N) is 1. The lowest BCUT2D eigenvalue weighted by Crippen LogP contribution is -2.32. The maximum Gasteiger partial charge on any atom is 0.282 e. The minimum absolute atomic E-state index is 0.291. The van der Waals surface area contributed by atoms with E-state index in [9.17, 15) is 9.59 Å². The SMILES string of the molecule is Cc1ccc(C2=C(Nc3ccccc3)C(=O)N(c3ccccc3)C2=O)cc1. The zero-order chi connectivity index (χ0) is 18.8. The molecule has 0 fully saturated rings. The Labute approximate surface area is 157 Å². The highest BCUT2D eigenvalue weighted by atomic mass is 16.2. The molecule has 0 bridgehead atoms. The van der Waals surface area contributed by atoms with Gasteiger partial charge in [0.2, 0.25) is 0 Å². The molecule has 0 saturated heterocycles. The van der Waals surface area contributed by atoms with Crippen LogP contribution in [0.3, 0.4) is 0 Å². The summed E-state index contributed by atoms with van der Waals surface area (Å²) in [7, 11) is 0. The van der Waals surface area contributed by atoms with Gasteiger partial charge < -0.3 is 5.32 Å². The third kappa shape index (κ3) is 3.13. The molecule has 0 atom stereocenters. The van der Waals surface area contributed by atoms with Crippen LogP contribution in [-0.2, 0) is 9.59 Å².